The van der Waals surface area contributed by atoms with E-state index in [-0.39, 0.29) is 24.7 Å². The molecule has 0 aliphatic heterocycles. The minimum absolute atomic E-state index is 0.0952. The monoisotopic (exact) mass is 343 g/mol. The Morgan fingerprint density at radius 1 is 1.12 bits per heavy atom. The number of hydrazone groups is 1. The van der Waals surface area contributed by atoms with E-state index in [1.54, 1.807) is 11.3 Å². The van der Waals surface area contributed by atoms with Crippen LogP contribution in [0.15, 0.2) is 40.8 Å². The molecule has 1 heterocycles. The maximum Gasteiger partial charge on any atom is 0.240 e. The van der Waals surface area contributed by atoms with Gasteiger partial charge in [-0.15, -0.1) is 11.3 Å². The van der Waals surface area contributed by atoms with Crippen LogP contribution in [-0.4, -0.2) is 17.5 Å². The number of hydrogen-bond acceptors (Lipinski definition) is 4. The smallest absolute Gasteiger partial charge is 0.240 e. The molecule has 2 amide bonds. The third-order valence-corrected chi connectivity index (χ3v) is 4.44. The second-order valence-electron chi connectivity index (χ2n) is 5.58. The molecule has 0 bridgehead atoms. The Balaban J connectivity index is 1.79. The predicted octanol–water partition coefficient (Wildman–Crippen LogP) is 3.62. The Morgan fingerprint density at radius 2 is 1.88 bits per heavy atom. The zero-order chi connectivity index (χ0) is 17.5. The fraction of sp³-hybridized carbons (Fsp3) is 0.278. The Labute approximate surface area is 145 Å². The summed E-state index contributed by atoms with van der Waals surface area (Å²) in [4.78, 5) is 24.7. The normalized spacial score (nSPS) is 11.2. The van der Waals surface area contributed by atoms with Gasteiger partial charge in [-0.2, -0.15) is 5.10 Å². The van der Waals surface area contributed by atoms with Crippen LogP contribution in [0, 0.1) is 13.8 Å². The van der Waals surface area contributed by atoms with Gasteiger partial charge in [-0.3, -0.25) is 9.59 Å². The molecule has 0 atom stereocenters. The van der Waals surface area contributed by atoms with Crippen molar-refractivity contribution in [2.45, 2.75) is 33.6 Å². The number of hydrogen-bond donors (Lipinski definition) is 2. The van der Waals surface area contributed by atoms with Crippen LogP contribution in [0.1, 0.15) is 35.8 Å². The third-order valence-electron chi connectivity index (χ3n) is 3.46. The van der Waals surface area contributed by atoms with Crippen LogP contribution in [0.2, 0.25) is 0 Å². The molecule has 6 heteroatoms. The lowest BCUT2D eigenvalue weighted by atomic mass is 10.1. The SMILES string of the molecule is C/C(=N\NC(=O)CCC(=O)Nc1ccc(C)cc1C)c1cccs1. The first-order valence-electron chi connectivity index (χ1n) is 7.70. The minimum atomic E-state index is -0.276. The number of thiophene rings is 1. The molecule has 0 unspecified atom stereocenters. The van der Waals surface area contributed by atoms with E-state index in [0.29, 0.717) is 0 Å². The van der Waals surface area contributed by atoms with Crippen molar-refractivity contribution in [3.8, 4) is 0 Å². The largest absolute Gasteiger partial charge is 0.326 e. The quantitative estimate of drug-likeness (QED) is 0.621. The van der Waals surface area contributed by atoms with Crippen LogP contribution in [0.3, 0.4) is 0 Å². The van der Waals surface area contributed by atoms with Gasteiger partial charge < -0.3 is 5.32 Å². The number of carbonyl (C=O) groups is 2. The van der Waals surface area contributed by atoms with E-state index in [4.69, 9.17) is 0 Å². The van der Waals surface area contributed by atoms with Crippen molar-refractivity contribution in [3.05, 3.63) is 51.7 Å². The molecule has 0 saturated carbocycles. The van der Waals surface area contributed by atoms with Crippen LogP contribution in [0.25, 0.3) is 0 Å². The second kappa shape index (κ2) is 8.40. The number of anilines is 1. The van der Waals surface area contributed by atoms with Gasteiger partial charge >= 0.3 is 0 Å². The Hall–Kier alpha value is -2.47. The summed E-state index contributed by atoms with van der Waals surface area (Å²) >= 11 is 1.56. The maximum absolute atomic E-state index is 12.0. The molecule has 0 spiro atoms. The lowest BCUT2D eigenvalue weighted by Gasteiger charge is -2.09. The summed E-state index contributed by atoms with van der Waals surface area (Å²) in [5, 5.41) is 8.83. The minimum Gasteiger partial charge on any atom is -0.326 e. The highest BCUT2D eigenvalue weighted by atomic mass is 32.1. The molecule has 0 saturated heterocycles. The number of benzene rings is 1. The molecular formula is C18H21N3O2S. The van der Waals surface area contributed by atoms with Crippen molar-refractivity contribution in [2.75, 3.05) is 5.32 Å². The molecular weight excluding hydrogens is 322 g/mol. The first kappa shape index (κ1) is 17.9. The van der Waals surface area contributed by atoms with Gasteiger partial charge in [-0.05, 0) is 43.8 Å². The number of nitrogens with zero attached hydrogens (tertiary/aromatic N) is 1. The number of nitrogens with one attached hydrogen (secondary N) is 2. The zero-order valence-electron chi connectivity index (χ0n) is 14.1. The summed E-state index contributed by atoms with van der Waals surface area (Å²) < 4.78 is 0. The van der Waals surface area contributed by atoms with Gasteiger partial charge in [0, 0.05) is 23.4 Å². The van der Waals surface area contributed by atoms with Crippen molar-refractivity contribution < 1.29 is 9.59 Å². The summed E-state index contributed by atoms with van der Waals surface area (Å²) in [6, 6.07) is 9.68. The Morgan fingerprint density at radius 3 is 2.54 bits per heavy atom. The predicted molar refractivity (Wildman–Crippen MR) is 98.5 cm³/mol. The first-order valence-corrected chi connectivity index (χ1v) is 8.58. The topological polar surface area (TPSA) is 70.6 Å². The molecule has 1 aromatic carbocycles. The number of amides is 2. The van der Waals surface area contributed by atoms with E-state index in [0.717, 1.165) is 27.4 Å². The zero-order valence-corrected chi connectivity index (χ0v) is 14.9. The van der Waals surface area contributed by atoms with Gasteiger partial charge in [-0.25, -0.2) is 5.43 Å². The third kappa shape index (κ3) is 5.31. The average molecular weight is 343 g/mol. The molecule has 0 fully saturated rings. The fourth-order valence-electron chi connectivity index (χ4n) is 2.14. The highest BCUT2D eigenvalue weighted by Crippen LogP contribution is 2.16. The van der Waals surface area contributed by atoms with Crippen LogP contribution < -0.4 is 10.7 Å². The second-order valence-corrected chi connectivity index (χ2v) is 6.52. The molecule has 126 valence electrons. The van der Waals surface area contributed by atoms with Gasteiger partial charge in [0.15, 0.2) is 0 Å². The molecule has 2 N–H and O–H groups in total. The highest BCUT2D eigenvalue weighted by Gasteiger charge is 2.08. The average Bonchev–Trinajstić information content (AvgIpc) is 3.08. The lowest BCUT2D eigenvalue weighted by molar-refractivity contribution is -0.124. The van der Waals surface area contributed by atoms with Crippen LogP contribution in [0.5, 0.6) is 0 Å². The molecule has 0 aliphatic rings. The molecule has 0 radical (unpaired) electrons. The van der Waals surface area contributed by atoms with Gasteiger partial charge in [0.2, 0.25) is 11.8 Å². The van der Waals surface area contributed by atoms with E-state index in [9.17, 15) is 9.59 Å². The van der Waals surface area contributed by atoms with E-state index >= 15 is 0 Å². The maximum atomic E-state index is 12.0. The van der Waals surface area contributed by atoms with E-state index in [2.05, 4.69) is 15.8 Å². The summed E-state index contributed by atoms with van der Waals surface area (Å²) in [6.07, 6.45) is 0.213. The first-order chi connectivity index (χ1) is 11.5. The molecule has 2 aromatic rings. The van der Waals surface area contributed by atoms with Crippen LogP contribution in [0.4, 0.5) is 5.69 Å². The number of carbonyl (C=O) groups excluding carboxylic acids is 2. The van der Waals surface area contributed by atoms with Gasteiger partial charge in [0.25, 0.3) is 0 Å². The molecule has 24 heavy (non-hydrogen) atoms. The van der Waals surface area contributed by atoms with Gasteiger partial charge in [0.1, 0.15) is 0 Å². The number of rotatable bonds is 6. The summed E-state index contributed by atoms with van der Waals surface area (Å²) in [5.41, 5.74) is 6.15. The molecule has 2 rings (SSSR count). The summed E-state index contributed by atoms with van der Waals surface area (Å²) in [6.45, 7) is 5.78. The van der Waals surface area contributed by atoms with Crippen LogP contribution >= 0.6 is 11.3 Å². The molecule has 5 nitrogen and oxygen atoms in total. The van der Waals surface area contributed by atoms with Crippen molar-refractivity contribution in [2.24, 2.45) is 5.10 Å². The standard InChI is InChI=1S/C18H21N3O2S/c1-12-6-7-15(13(2)11-12)19-17(22)8-9-18(23)21-20-14(3)16-5-4-10-24-16/h4-7,10-11H,8-9H2,1-3H3,(H,19,22)(H,21,23)/b20-14+. The van der Waals surface area contributed by atoms with Gasteiger partial charge in [-0.1, -0.05) is 23.8 Å². The lowest BCUT2D eigenvalue weighted by Crippen LogP contribution is -2.21. The Bertz CT molecular complexity index is 752. The van der Waals surface area contributed by atoms with Gasteiger partial charge in [0.05, 0.1) is 5.71 Å². The fourth-order valence-corrected chi connectivity index (χ4v) is 2.81. The van der Waals surface area contributed by atoms with E-state index in [1.165, 1.54) is 0 Å². The highest BCUT2D eigenvalue weighted by molar-refractivity contribution is 7.12. The molecule has 0 aliphatic carbocycles. The van der Waals surface area contributed by atoms with Crippen molar-refractivity contribution in [3.63, 3.8) is 0 Å². The van der Waals surface area contributed by atoms with E-state index < -0.39 is 0 Å². The summed E-state index contributed by atoms with van der Waals surface area (Å²) in [5.74, 6) is -0.460. The van der Waals surface area contributed by atoms with Crippen molar-refractivity contribution >= 4 is 34.6 Å². The summed E-state index contributed by atoms with van der Waals surface area (Å²) in [7, 11) is 0. The molecule has 1 aromatic heterocycles. The number of aryl methyl sites for hydroxylation is 2. The van der Waals surface area contributed by atoms with Crippen molar-refractivity contribution in [1.82, 2.24) is 5.43 Å². The Kier molecular flexibility index (Phi) is 6.26. The van der Waals surface area contributed by atoms with E-state index in [1.807, 2.05) is 56.5 Å². The van der Waals surface area contributed by atoms with Crippen LogP contribution in [-0.2, 0) is 9.59 Å². The van der Waals surface area contributed by atoms with Crippen molar-refractivity contribution in [1.29, 1.82) is 0 Å².